The fraction of sp³-hybridized carbons (Fsp3) is 0.429. The summed E-state index contributed by atoms with van der Waals surface area (Å²) in [6, 6.07) is 5.84. The molecule has 1 aromatic carbocycles. The molecule has 8 nitrogen and oxygen atoms in total. The Morgan fingerprint density at radius 3 is 2.90 bits per heavy atom. The lowest BCUT2D eigenvalue weighted by Gasteiger charge is -2.25. The maximum Gasteiger partial charge on any atom is 0.293 e. The number of nitrogens with zero attached hydrogens (tertiary/aromatic N) is 6. The average Bonchev–Trinajstić information content (AvgIpc) is 3.43. The van der Waals surface area contributed by atoms with Crippen molar-refractivity contribution in [2.24, 2.45) is 11.8 Å². The lowest BCUT2D eigenvalue weighted by atomic mass is 9.89. The minimum atomic E-state index is -0.394. The Morgan fingerprint density at radius 2 is 2.10 bits per heavy atom. The molecule has 0 unspecified atom stereocenters. The van der Waals surface area contributed by atoms with Gasteiger partial charge in [0.15, 0.2) is 0 Å². The molecule has 2 aromatic heterocycles. The van der Waals surface area contributed by atoms with Crippen LogP contribution in [0.15, 0.2) is 36.7 Å². The number of likely N-dealkylation sites (tertiary alicyclic amines) is 1. The van der Waals surface area contributed by atoms with Crippen molar-refractivity contribution in [2.75, 3.05) is 18.4 Å². The molecule has 9 heteroatoms. The Labute approximate surface area is 173 Å². The lowest BCUT2D eigenvalue weighted by Crippen LogP contribution is -2.31. The predicted molar refractivity (Wildman–Crippen MR) is 108 cm³/mol. The van der Waals surface area contributed by atoms with Crippen LogP contribution in [0, 0.1) is 17.7 Å². The first-order valence-electron chi connectivity index (χ1n) is 10.3. The van der Waals surface area contributed by atoms with E-state index in [-0.39, 0.29) is 11.7 Å². The van der Waals surface area contributed by atoms with E-state index >= 15 is 0 Å². The smallest absolute Gasteiger partial charge is 0.293 e. The van der Waals surface area contributed by atoms with Gasteiger partial charge in [0.1, 0.15) is 11.6 Å². The van der Waals surface area contributed by atoms with Crippen LogP contribution >= 0.6 is 0 Å². The highest BCUT2D eigenvalue weighted by Crippen LogP contribution is 2.33. The standard InChI is InChI=1S/C21H24FN7O/c1-2-28-10-14(8-23-28)9-27-11-15-6-19-25-26-20(29(19)13-16(15)12-27)21(30)24-18-5-3-4-17(22)7-18/h3-5,7-8,10,15-16H,2,6,9,11-13H2,1H3,(H,24,30)/t15-,16-/m1/s1. The molecule has 2 aliphatic heterocycles. The summed E-state index contributed by atoms with van der Waals surface area (Å²) >= 11 is 0. The second-order valence-electron chi connectivity index (χ2n) is 8.14. The normalized spacial score (nSPS) is 20.7. The Morgan fingerprint density at radius 1 is 1.23 bits per heavy atom. The van der Waals surface area contributed by atoms with Gasteiger partial charge in [0.25, 0.3) is 5.91 Å². The molecule has 156 valence electrons. The molecule has 1 N–H and O–H groups in total. The van der Waals surface area contributed by atoms with Gasteiger partial charge in [0, 0.05) is 56.6 Å². The topological polar surface area (TPSA) is 80.9 Å². The molecule has 0 saturated carbocycles. The van der Waals surface area contributed by atoms with Crippen molar-refractivity contribution in [3.05, 3.63) is 59.7 Å². The molecule has 2 aliphatic rings. The van der Waals surface area contributed by atoms with Crippen molar-refractivity contribution in [2.45, 2.75) is 33.0 Å². The van der Waals surface area contributed by atoms with Gasteiger partial charge in [-0.2, -0.15) is 5.10 Å². The van der Waals surface area contributed by atoms with E-state index in [1.54, 1.807) is 12.1 Å². The largest absolute Gasteiger partial charge is 0.319 e. The summed E-state index contributed by atoms with van der Waals surface area (Å²) in [5.41, 5.74) is 1.63. The molecule has 4 heterocycles. The van der Waals surface area contributed by atoms with Gasteiger partial charge in [0.2, 0.25) is 5.82 Å². The second kappa shape index (κ2) is 7.64. The quantitative estimate of drug-likeness (QED) is 0.699. The van der Waals surface area contributed by atoms with Gasteiger partial charge < -0.3 is 9.88 Å². The number of benzene rings is 1. The number of anilines is 1. The highest BCUT2D eigenvalue weighted by atomic mass is 19.1. The third kappa shape index (κ3) is 3.60. The molecule has 2 atom stereocenters. The van der Waals surface area contributed by atoms with Crippen LogP contribution in [0.4, 0.5) is 10.1 Å². The molecule has 0 bridgehead atoms. The number of fused-ring (bicyclic) bond motifs is 2. The number of amides is 1. The number of aromatic nitrogens is 5. The molecule has 1 amide bonds. The fourth-order valence-corrected chi connectivity index (χ4v) is 4.59. The van der Waals surface area contributed by atoms with E-state index in [0.717, 1.165) is 45.0 Å². The number of carbonyl (C=O) groups is 1. The molecule has 30 heavy (non-hydrogen) atoms. The minimum absolute atomic E-state index is 0.287. The van der Waals surface area contributed by atoms with Crippen LogP contribution in [-0.4, -0.2) is 48.4 Å². The summed E-state index contributed by atoms with van der Waals surface area (Å²) in [4.78, 5) is 15.2. The van der Waals surface area contributed by atoms with Gasteiger partial charge >= 0.3 is 0 Å². The van der Waals surface area contributed by atoms with Crippen LogP contribution in [-0.2, 0) is 26.1 Å². The Bertz CT molecular complexity index is 1080. The van der Waals surface area contributed by atoms with E-state index in [9.17, 15) is 9.18 Å². The summed E-state index contributed by atoms with van der Waals surface area (Å²) < 4.78 is 17.3. The summed E-state index contributed by atoms with van der Waals surface area (Å²) in [5, 5.41) is 15.5. The number of hydrogen-bond donors (Lipinski definition) is 1. The Hall–Kier alpha value is -3.07. The molecule has 0 aliphatic carbocycles. The van der Waals surface area contributed by atoms with Gasteiger partial charge in [-0.1, -0.05) is 6.07 Å². The van der Waals surface area contributed by atoms with Crippen LogP contribution in [0.2, 0.25) is 0 Å². The summed E-state index contributed by atoms with van der Waals surface area (Å²) in [7, 11) is 0. The average molecular weight is 409 g/mol. The third-order valence-electron chi connectivity index (χ3n) is 6.04. The summed E-state index contributed by atoms with van der Waals surface area (Å²) in [6.07, 6.45) is 4.86. The number of hydrogen-bond acceptors (Lipinski definition) is 5. The van der Waals surface area contributed by atoms with Gasteiger partial charge in [-0.05, 0) is 37.0 Å². The molecule has 1 saturated heterocycles. The van der Waals surface area contributed by atoms with E-state index in [0.29, 0.717) is 17.5 Å². The molecular formula is C21H24FN7O. The highest BCUT2D eigenvalue weighted by Gasteiger charge is 2.39. The first-order chi connectivity index (χ1) is 14.6. The number of halogens is 1. The summed E-state index contributed by atoms with van der Waals surface area (Å²) in [6.45, 7) is 6.56. The number of nitrogens with one attached hydrogen (secondary N) is 1. The van der Waals surface area contributed by atoms with Crippen LogP contribution in [0.1, 0.15) is 28.9 Å². The van der Waals surface area contributed by atoms with Crippen molar-refractivity contribution < 1.29 is 9.18 Å². The number of carbonyl (C=O) groups excluding carboxylic acids is 1. The van der Waals surface area contributed by atoms with E-state index < -0.39 is 5.82 Å². The molecule has 1 fully saturated rings. The van der Waals surface area contributed by atoms with Crippen molar-refractivity contribution in [1.29, 1.82) is 0 Å². The lowest BCUT2D eigenvalue weighted by molar-refractivity contribution is 0.100. The van der Waals surface area contributed by atoms with Crippen LogP contribution in [0.5, 0.6) is 0 Å². The highest BCUT2D eigenvalue weighted by molar-refractivity contribution is 6.01. The van der Waals surface area contributed by atoms with Gasteiger partial charge in [-0.15, -0.1) is 10.2 Å². The van der Waals surface area contributed by atoms with Gasteiger partial charge in [0.05, 0.1) is 6.20 Å². The zero-order valence-corrected chi connectivity index (χ0v) is 16.8. The Balaban J connectivity index is 1.27. The van der Waals surface area contributed by atoms with Crippen LogP contribution < -0.4 is 5.32 Å². The maximum absolute atomic E-state index is 13.4. The zero-order valence-electron chi connectivity index (χ0n) is 16.8. The SMILES string of the molecule is CCn1cc(CN2C[C@H]3Cc4nnc(C(=O)Nc5cccc(F)c5)n4C[C@H]3C2)cn1. The third-order valence-corrected chi connectivity index (χ3v) is 6.04. The van der Waals surface area contributed by atoms with Crippen LogP contribution in [0.3, 0.4) is 0 Å². The van der Waals surface area contributed by atoms with Crippen molar-refractivity contribution in [3.8, 4) is 0 Å². The molecule has 0 spiro atoms. The second-order valence-corrected chi connectivity index (χ2v) is 8.14. The van der Waals surface area contributed by atoms with Gasteiger partial charge in [-0.3, -0.25) is 14.4 Å². The first kappa shape index (κ1) is 18.9. The molecule has 3 aromatic rings. The van der Waals surface area contributed by atoms with E-state index in [4.69, 9.17) is 0 Å². The number of rotatable bonds is 5. The maximum atomic E-state index is 13.4. The predicted octanol–water partition coefficient (Wildman–Crippen LogP) is 2.19. The molecule has 0 radical (unpaired) electrons. The zero-order chi connectivity index (χ0) is 20.7. The Kier molecular flexibility index (Phi) is 4.82. The monoisotopic (exact) mass is 409 g/mol. The van der Waals surface area contributed by atoms with E-state index in [1.165, 1.54) is 17.7 Å². The summed E-state index contributed by atoms with van der Waals surface area (Å²) in [5.74, 6) is 1.35. The number of aryl methyl sites for hydroxylation is 1. The van der Waals surface area contributed by atoms with Crippen molar-refractivity contribution >= 4 is 11.6 Å². The minimum Gasteiger partial charge on any atom is -0.319 e. The fourth-order valence-electron chi connectivity index (χ4n) is 4.59. The van der Waals surface area contributed by atoms with E-state index in [1.807, 2.05) is 15.4 Å². The van der Waals surface area contributed by atoms with Gasteiger partial charge in [-0.25, -0.2) is 4.39 Å². The van der Waals surface area contributed by atoms with Crippen molar-refractivity contribution in [3.63, 3.8) is 0 Å². The van der Waals surface area contributed by atoms with E-state index in [2.05, 4.69) is 38.6 Å². The van der Waals surface area contributed by atoms with Crippen LogP contribution in [0.25, 0.3) is 0 Å². The van der Waals surface area contributed by atoms with Crippen molar-refractivity contribution in [1.82, 2.24) is 29.4 Å². The molecular weight excluding hydrogens is 385 g/mol. The first-order valence-corrected chi connectivity index (χ1v) is 10.3. The molecule has 5 rings (SSSR count).